The standard InChI is InChI=1S/C17H21N3O2/c1-4-12(2)18-11-15-8-9-17(19-13(15)3)14-6-5-7-16(10-14)20(21)22/h5-10,12,18H,4,11H2,1-3H3. The second-order valence-electron chi connectivity index (χ2n) is 5.44. The summed E-state index contributed by atoms with van der Waals surface area (Å²) in [7, 11) is 0. The van der Waals surface area contributed by atoms with Gasteiger partial charge in [0.25, 0.3) is 5.69 Å². The number of nitro benzene ring substituents is 1. The van der Waals surface area contributed by atoms with E-state index >= 15 is 0 Å². The maximum absolute atomic E-state index is 10.9. The van der Waals surface area contributed by atoms with E-state index in [0.29, 0.717) is 6.04 Å². The first-order valence-corrected chi connectivity index (χ1v) is 7.46. The molecule has 1 heterocycles. The Morgan fingerprint density at radius 2 is 2.09 bits per heavy atom. The summed E-state index contributed by atoms with van der Waals surface area (Å²) in [6, 6.07) is 11.0. The Morgan fingerprint density at radius 1 is 1.32 bits per heavy atom. The van der Waals surface area contributed by atoms with Crippen LogP contribution in [-0.2, 0) is 6.54 Å². The number of nitro groups is 1. The molecule has 5 nitrogen and oxygen atoms in total. The molecular weight excluding hydrogens is 278 g/mol. The number of non-ortho nitro benzene ring substituents is 1. The molecule has 2 aromatic rings. The molecule has 0 spiro atoms. The highest BCUT2D eigenvalue weighted by molar-refractivity contribution is 5.62. The summed E-state index contributed by atoms with van der Waals surface area (Å²) in [6.45, 7) is 7.05. The van der Waals surface area contributed by atoms with E-state index in [1.807, 2.05) is 25.1 Å². The maximum atomic E-state index is 10.9. The molecule has 1 atom stereocenters. The van der Waals surface area contributed by atoms with E-state index in [1.54, 1.807) is 12.1 Å². The van der Waals surface area contributed by atoms with Crippen molar-refractivity contribution in [2.24, 2.45) is 0 Å². The number of hydrogen-bond acceptors (Lipinski definition) is 4. The Labute approximate surface area is 130 Å². The van der Waals surface area contributed by atoms with Crippen molar-refractivity contribution >= 4 is 5.69 Å². The number of aryl methyl sites for hydroxylation is 1. The van der Waals surface area contributed by atoms with Crippen molar-refractivity contribution in [3.05, 3.63) is 57.8 Å². The highest BCUT2D eigenvalue weighted by atomic mass is 16.6. The molecule has 0 radical (unpaired) electrons. The van der Waals surface area contributed by atoms with Gasteiger partial charge in [-0.3, -0.25) is 15.1 Å². The average molecular weight is 299 g/mol. The first-order valence-electron chi connectivity index (χ1n) is 7.46. The second-order valence-corrected chi connectivity index (χ2v) is 5.44. The smallest absolute Gasteiger partial charge is 0.270 e. The molecule has 0 aliphatic rings. The second kappa shape index (κ2) is 7.13. The molecule has 22 heavy (non-hydrogen) atoms. The lowest BCUT2D eigenvalue weighted by Crippen LogP contribution is -2.24. The zero-order valence-electron chi connectivity index (χ0n) is 13.2. The summed E-state index contributed by atoms with van der Waals surface area (Å²) in [6.07, 6.45) is 1.08. The van der Waals surface area contributed by atoms with Gasteiger partial charge in [-0.1, -0.05) is 25.1 Å². The molecule has 1 unspecified atom stereocenters. The minimum absolute atomic E-state index is 0.0828. The predicted octanol–water partition coefficient (Wildman–Crippen LogP) is 3.85. The zero-order chi connectivity index (χ0) is 16.1. The number of hydrogen-bond donors (Lipinski definition) is 1. The third-order valence-electron chi connectivity index (χ3n) is 3.80. The number of benzene rings is 1. The lowest BCUT2D eigenvalue weighted by molar-refractivity contribution is -0.384. The van der Waals surface area contributed by atoms with Gasteiger partial charge in [0, 0.05) is 36.0 Å². The lowest BCUT2D eigenvalue weighted by Gasteiger charge is -2.13. The molecular formula is C17H21N3O2. The van der Waals surface area contributed by atoms with E-state index in [4.69, 9.17) is 0 Å². The van der Waals surface area contributed by atoms with Gasteiger partial charge in [-0.15, -0.1) is 0 Å². The maximum Gasteiger partial charge on any atom is 0.270 e. The van der Waals surface area contributed by atoms with Crippen molar-refractivity contribution in [1.82, 2.24) is 10.3 Å². The van der Waals surface area contributed by atoms with Crippen LogP contribution >= 0.6 is 0 Å². The van der Waals surface area contributed by atoms with Crippen LogP contribution in [0.4, 0.5) is 5.69 Å². The number of nitrogens with zero attached hydrogens (tertiary/aromatic N) is 2. The van der Waals surface area contributed by atoms with E-state index in [2.05, 4.69) is 24.1 Å². The normalized spacial score (nSPS) is 12.1. The van der Waals surface area contributed by atoms with E-state index in [1.165, 1.54) is 6.07 Å². The topological polar surface area (TPSA) is 68.1 Å². The monoisotopic (exact) mass is 299 g/mol. The minimum atomic E-state index is -0.388. The van der Waals surface area contributed by atoms with Crippen molar-refractivity contribution in [2.75, 3.05) is 0 Å². The minimum Gasteiger partial charge on any atom is -0.310 e. The van der Waals surface area contributed by atoms with Gasteiger partial charge in [-0.25, -0.2) is 0 Å². The van der Waals surface area contributed by atoms with E-state index in [9.17, 15) is 10.1 Å². The number of aromatic nitrogens is 1. The fourth-order valence-corrected chi connectivity index (χ4v) is 2.14. The fourth-order valence-electron chi connectivity index (χ4n) is 2.14. The van der Waals surface area contributed by atoms with E-state index < -0.39 is 0 Å². The quantitative estimate of drug-likeness (QED) is 0.649. The van der Waals surface area contributed by atoms with Gasteiger partial charge >= 0.3 is 0 Å². The van der Waals surface area contributed by atoms with Gasteiger partial charge < -0.3 is 5.32 Å². The van der Waals surface area contributed by atoms with Crippen LogP contribution in [0.25, 0.3) is 11.3 Å². The fraction of sp³-hybridized carbons (Fsp3) is 0.353. The molecule has 0 amide bonds. The molecule has 0 saturated carbocycles. The third-order valence-corrected chi connectivity index (χ3v) is 3.80. The van der Waals surface area contributed by atoms with Crippen LogP contribution in [0.1, 0.15) is 31.5 Å². The van der Waals surface area contributed by atoms with Crippen molar-refractivity contribution in [2.45, 2.75) is 39.8 Å². The van der Waals surface area contributed by atoms with Crippen LogP contribution in [0.3, 0.4) is 0 Å². The molecule has 1 aromatic heterocycles. The predicted molar refractivity (Wildman–Crippen MR) is 87.7 cm³/mol. The summed E-state index contributed by atoms with van der Waals surface area (Å²) >= 11 is 0. The van der Waals surface area contributed by atoms with Crippen LogP contribution < -0.4 is 5.32 Å². The molecule has 5 heteroatoms. The first kappa shape index (κ1) is 16.1. The summed E-state index contributed by atoms with van der Waals surface area (Å²) < 4.78 is 0. The summed E-state index contributed by atoms with van der Waals surface area (Å²) in [5.41, 5.74) is 3.70. The van der Waals surface area contributed by atoms with Gasteiger partial charge in [0.05, 0.1) is 10.6 Å². The summed E-state index contributed by atoms with van der Waals surface area (Å²) in [5.74, 6) is 0. The van der Waals surface area contributed by atoms with E-state index in [-0.39, 0.29) is 10.6 Å². The van der Waals surface area contributed by atoms with Gasteiger partial charge in [0.1, 0.15) is 0 Å². The molecule has 0 fully saturated rings. The lowest BCUT2D eigenvalue weighted by atomic mass is 10.1. The molecule has 1 aromatic carbocycles. The number of pyridine rings is 1. The summed E-state index contributed by atoms with van der Waals surface area (Å²) in [4.78, 5) is 15.1. The van der Waals surface area contributed by atoms with Crippen molar-refractivity contribution in [3.8, 4) is 11.3 Å². The Bertz CT molecular complexity index is 671. The van der Waals surface area contributed by atoms with Gasteiger partial charge in [0.2, 0.25) is 0 Å². The molecule has 1 N–H and O–H groups in total. The van der Waals surface area contributed by atoms with Gasteiger partial charge in [-0.2, -0.15) is 0 Å². The van der Waals surface area contributed by atoms with Crippen molar-refractivity contribution in [3.63, 3.8) is 0 Å². The van der Waals surface area contributed by atoms with Gasteiger partial charge in [-0.05, 0) is 31.9 Å². The van der Waals surface area contributed by atoms with Crippen LogP contribution in [0.2, 0.25) is 0 Å². The molecule has 0 aliphatic heterocycles. The first-order chi connectivity index (χ1) is 10.5. The molecule has 0 saturated heterocycles. The van der Waals surface area contributed by atoms with Crippen molar-refractivity contribution < 1.29 is 4.92 Å². The molecule has 0 bridgehead atoms. The van der Waals surface area contributed by atoms with Crippen LogP contribution in [0.5, 0.6) is 0 Å². The van der Waals surface area contributed by atoms with Crippen LogP contribution in [0.15, 0.2) is 36.4 Å². The van der Waals surface area contributed by atoms with Crippen LogP contribution in [0, 0.1) is 17.0 Å². The highest BCUT2D eigenvalue weighted by Crippen LogP contribution is 2.23. The van der Waals surface area contributed by atoms with Crippen LogP contribution in [-0.4, -0.2) is 15.9 Å². The van der Waals surface area contributed by atoms with E-state index in [0.717, 1.165) is 35.5 Å². The third kappa shape index (κ3) is 3.89. The Balaban J connectivity index is 2.22. The zero-order valence-corrected chi connectivity index (χ0v) is 13.2. The summed E-state index contributed by atoms with van der Waals surface area (Å²) in [5, 5.41) is 14.3. The van der Waals surface area contributed by atoms with Gasteiger partial charge in [0.15, 0.2) is 0 Å². The van der Waals surface area contributed by atoms with Crippen molar-refractivity contribution in [1.29, 1.82) is 0 Å². The Hall–Kier alpha value is -2.27. The molecule has 116 valence electrons. The Kier molecular flexibility index (Phi) is 5.22. The number of rotatable bonds is 6. The SMILES string of the molecule is CCC(C)NCc1ccc(-c2cccc([N+](=O)[O-])c2)nc1C. The largest absolute Gasteiger partial charge is 0.310 e. The molecule has 2 rings (SSSR count). The Morgan fingerprint density at radius 3 is 2.73 bits per heavy atom. The average Bonchev–Trinajstić information content (AvgIpc) is 2.53. The number of nitrogens with one attached hydrogen (secondary N) is 1. The highest BCUT2D eigenvalue weighted by Gasteiger charge is 2.09. The molecule has 0 aliphatic carbocycles.